The smallest absolute Gasteiger partial charge is 0.278 e. The van der Waals surface area contributed by atoms with E-state index in [2.05, 4.69) is 16.0 Å². The van der Waals surface area contributed by atoms with Crippen molar-refractivity contribution >= 4 is 17.4 Å². The molecule has 0 unspecified atom stereocenters. The second kappa shape index (κ2) is 4.68. The summed E-state index contributed by atoms with van der Waals surface area (Å²) in [6.45, 7) is 0.710. The summed E-state index contributed by atoms with van der Waals surface area (Å²) in [6, 6.07) is 7.97. The van der Waals surface area contributed by atoms with Crippen LogP contribution in [0.2, 0.25) is 0 Å². The molecule has 0 radical (unpaired) electrons. The minimum absolute atomic E-state index is 0.125. The first kappa shape index (κ1) is 11.6. The maximum absolute atomic E-state index is 12.5. The van der Waals surface area contributed by atoms with Crippen LogP contribution in [-0.2, 0) is 6.42 Å². The van der Waals surface area contributed by atoms with Gasteiger partial charge in [0.25, 0.3) is 5.91 Å². The van der Waals surface area contributed by atoms with E-state index < -0.39 is 0 Å². The Labute approximate surface area is 111 Å². The minimum atomic E-state index is -0.125. The van der Waals surface area contributed by atoms with Gasteiger partial charge >= 0.3 is 0 Å². The molecule has 5 heteroatoms. The zero-order chi connectivity index (χ0) is 13.2. The molecule has 19 heavy (non-hydrogen) atoms. The molecule has 96 valence electrons. The molecule has 0 saturated carbocycles. The fourth-order valence-electron chi connectivity index (χ4n) is 2.33. The molecule has 0 saturated heterocycles. The highest BCUT2D eigenvalue weighted by molar-refractivity contribution is 6.05. The van der Waals surface area contributed by atoms with Crippen molar-refractivity contribution < 1.29 is 4.79 Å². The second-order valence-electron chi connectivity index (χ2n) is 4.52. The third kappa shape index (κ3) is 2.14. The van der Waals surface area contributed by atoms with Gasteiger partial charge in [0, 0.05) is 12.2 Å². The molecule has 1 aliphatic rings. The summed E-state index contributed by atoms with van der Waals surface area (Å²) < 4.78 is 0. The van der Waals surface area contributed by atoms with Crippen molar-refractivity contribution in [3.63, 3.8) is 0 Å². The van der Waals surface area contributed by atoms with Gasteiger partial charge in [0.15, 0.2) is 0 Å². The molecule has 0 spiro atoms. The Hall–Kier alpha value is -2.43. The van der Waals surface area contributed by atoms with Crippen LogP contribution in [0.4, 0.5) is 11.5 Å². The van der Waals surface area contributed by atoms with E-state index in [9.17, 15) is 4.79 Å². The molecule has 0 bridgehead atoms. The van der Waals surface area contributed by atoms with Crippen LogP contribution < -0.4 is 10.6 Å². The van der Waals surface area contributed by atoms with E-state index in [1.165, 1.54) is 18.0 Å². The number of para-hydroxylation sites is 1. The number of rotatable bonds is 1. The van der Waals surface area contributed by atoms with Crippen LogP contribution in [-0.4, -0.2) is 22.4 Å². The van der Waals surface area contributed by atoms with Crippen LogP contribution >= 0.6 is 0 Å². The average molecular weight is 254 g/mol. The number of benzene rings is 1. The molecule has 0 aliphatic carbocycles. The van der Waals surface area contributed by atoms with Gasteiger partial charge in [0.1, 0.15) is 11.5 Å². The van der Waals surface area contributed by atoms with Crippen molar-refractivity contribution in [2.45, 2.75) is 12.8 Å². The normalized spacial score (nSPS) is 14.0. The predicted octanol–water partition coefficient (Wildman–Crippen LogP) is 1.65. The summed E-state index contributed by atoms with van der Waals surface area (Å²) in [5, 5.41) is 0. The van der Waals surface area contributed by atoms with E-state index in [0.717, 1.165) is 18.5 Å². The largest absolute Gasteiger partial charge is 0.382 e. The number of amides is 1. The third-order valence-corrected chi connectivity index (χ3v) is 3.25. The maximum Gasteiger partial charge on any atom is 0.278 e. The van der Waals surface area contributed by atoms with Crippen LogP contribution in [0.15, 0.2) is 36.7 Å². The lowest BCUT2D eigenvalue weighted by atomic mass is 10.0. The number of anilines is 2. The Morgan fingerprint density at radius 1 is 1.21 bits per heavy atom. The van der Waals surface area contributed by atoms with E-state index >= 15 is 0 Å². The van der Waals surface area contributed by atoms with Crippen molar-refractivity contribution in [3.05, 3.63) is 47.9 Å². The van der Waals surface area contributed by atoms with Gasteiger partial charge in [-0.1, -0.05) is 18.2 Å². The molecular formula is C14H14N4O. The maximum atomic E-state index is 12.5. The minimum Gasteiger partial charge on any atom is -0.382 e. The molecule has 1 amide bonds. The molecule has 0 atom stereocenters. The number of aromatic nitrogens is 2. The van der Waals surface area contributed by atoms with Gasteiger partial charge in [-0.25, -0.2) is 9.97 Å². The second-order valence-corrected chi connectivity index (χ2v) is 4.52. The Bertz CT molecular complexity index is 609. The monoisotopic (exact) mass is 254 g/mol. The quantitative estimate of drug-likeness (QED) is 0.840. The Balaban J connectivity index is 1.95. The van der Waals surface area contributed by atoms with Crippen LogP contribution in [0, 0.1) is 0 Å². The molecule has 1 aromatic heterocycles. The number of nitrogen functional groups attached to an aromatic ring is 1. The van der Waals surface area contributed by atoms with E-state index in [1.807, 2.05) is 18.2 Å². The first-order valence-electron chi connectivity index (χ1n) is 6.23. The Morgan fingerprint density at radius 2 is 2.05 bits per heavy atom. The molecule has 1 aliphatic heterocycles. The molecule has 2 aromatic rings. The van der Waals surface area contributed by atoms with Gasteiger partial charge in [-0.15, -0.1) is 0 Å². The summed E-state index contributed by atoms with van der Waals surface area (Å²) >= 11 is 0. The van der Waals surface area contributed by atoms with Gasteiger partial charge in [-0.3, -0.25) is 4.79 Å². The predicted molar refractivity (Wildman–Crippen MR) is 72.9 cm³/mol. The van der Waals surface area contributed by atoms with Gasteiger partial charge in [-0.05, 0) is 24.5 Å². The third-order valence-electron chi connectivity index (χ3n) is 3.25. The van der Waals surface area contributed by atoms with Crippen molar-refractivity contribution in [3.8, 4) is 0 Å². The van der Waals surface area contributed by atoms with Crippen molar-refractivity contribution in [1.82, 2.24) is 9.97 Å². The zero-order valence-electron chi connectivity index (χ0n) is 10.4. The highest BCUT2D eigenvalue weighted by atomic mass is 16.2. The summed E-state index contributed by atoms with van der Waals surface area (Å²) in [6.07, 6.45) is 4.80. The van der Waals surface area contributed by atoms with Gasteiger partial charge in [-0.2, -0.15) is 0 Å². The molecule has 2 N–H and O–H groups in total. The lowest BCUT2D eigenvalue weighted by Gasteiger charge is -2.29. The summed E-state index contributed by atoms with van der Waals surface area (Å²) in [7, 11) is 0. The standard InChI is InChI=1S/C14H14N4O/c15-13-9-16-11(8-17-13)14(19)18-7-3-5-10-4-1-2-6-12(10)18/h1-2,4,6,8-9H,3,5,7H2,(H2,15,17). The Morgan fingerprint density at radius 3 is 2.84 bits per heavy atom. The number of fused-ring (bicyclic) bond motifs is 1. The van der Waals surface area contributed by atoms with Gasteiger partial charge in [0.2, 0.25) is 0 Å². The number of nitrogens with zero attached hydrogens (tertiary/aromatic N) is 3. The Kier molecular flexibility index (Phi) is 2.87. The fourth-order valence-corrected chi connectivity index (χ4v) is 2.33. The number of nitrogens with two attached hydrogens (primary N) is 1. The lowest BCUT2D eigenvalue weighted by molar-refractivity contribution is 0.0980. The van der Waals surface area contributed by atoms with Crippen LogP contribution in [0.5, 0.6) is 0 Å². The van der Waals surface area contributed by atoms with Crippen LogP contribution in [0.25, 0.3) is 0 Å². The number of carbonyl (C=O) groups is 1. The number of hydrogen-bond donors (Lipinski definition) is 1. The first-order valence-corrected chi connectivity index (χ1v) is 6.23. The fraction of sp³-hybridized carbons (Fsp3) is 0.214. The molecule has 3 rings (SSSR count). The van der Waals surface area contributed by atoms with E-state index in [4.69, 9.17) is 5.73 Å². The SMILES string of the molecule is Nc1cnc(C(=O)N2CCCc3ccccc32)cn1. The number of carbonyl (C=O) groups excluding carboxylic acids is 1. The average Bonchev–Trinajstić information content (AvgIpc) is 2.47. The van der Waals surface area contributed by atoms with E-state index in [0.29, 0.717) is 18.1 Å². The van der Waals surface area contributed by atoms with Crippen LogP contribution in [0.3, 0.4) is 0 Å². The summed E-state index contributed by atoms with van der Waals surface area (Å²) in [4.78, 5) is 22.2. The highest BCUT2D eigenvalue weighted by Crippen LogP contribution is 2.27. The van der Waals surface area contributed by atoms with E-state index in [-0.39, 0.29) is 5.91 Å². The zero-order valence-corrected chi connectivity index (χ0v) is 10.4. The van der Waals surface area contributed by atoms with Crippen LogP contribution in [0.1, 0.15) is 22.5 Å². The number of hydrogen-bond acceptors (Lipinski definition) is 4. The van der Waals surface area contributed by atoms with Gasteiger partial charge in [0.05, 0.1) is 12.4 Å². The first-order chi connectivity index (χ1) is 9.25. The molecule has 5 nitrogen and oxygen atoms in total. The van der Waals surface area contributed by atoms with Crippen molar-refractivity contribution in [2.24, 2.45) is 0 Å². The molecule has 2 heterocycles. The summed E-state index contributed by atoms with van der Waals surface area (Å²) in [5.74, 6) is 0.190. The highest BCUT2D eigenvalue weighted by Gasteiger charge is 2.24. The van der Waals surface area contributed by atoms with E-state index in [1.54, 1.807) is 4.90 Å². The van der Waals surface area contributed by atoms with Crippen molar-refractivity contribution in [2.75, 3.05) is 17.2 Å². The molecule has 1 aromatic carbocycles. The lowest BCUT2D eigenvalue weighted by Crippen LogP contribution is -2.36. The topological polar surface area (TPSA) is 72.1 Å². The summed E-state index contributed by atoms with van der Waals surface area (Å²) in [5.41, 5.74) is 7.98. The molecule has 0 fully saturated rings. The van der Waals surface area contributed by atoms with Crippen molar-refractivity contribution in [1.29, 1.82) is 0 Å². The van der Waals surface area contributed by atoms with Gasteiger partial charge < -0.3 is 10.6 Å². The number of aryl methyl sites for hydroxylation is 1. The molecular weight excluding hydrogens is 240 g/mol.